The lowest BCUT2D eigenvalue weighted by molar-refractivity contribution is -0.137. The molecule has 8 nitrogen and oxygen atoms in total. The lowest BCUT2D eigenvalue weighted by Crippen LogP contribution is -2.36. The second kappa shape index (κ2) is 8.46. The lowest BCUT2D eigenvalue weighted by atomic mass is 10.0. The molecule has 0 heterocycles. The van der Waals surface area contributed by atoms with Gasteiger partial charge >= 0.3 is 12.1 Å². The van der Waals surface area contributed by atoms with E-state index >= 15 is 0 Å². The topological polar surface area (TPSA) is 103 Å². The molecule has 0 unspecified atom stereocenters. The zero-order valence-corrected chi connectivity index (χ0v) is 15.3. The van der Waals surface area contributed by atoms with Gasteiger partial charge in [0, 0.05) is 5.56 Å². The lowest BCUT2D eigenvalue weighted by Gasteiger charge is -2.25. The van der Waals surface area contributed by atoms with Gasteiger partial charge in [-0.25, -0.2) is 4.79 Å². The first-order valence-electron chi connectivity index (χ1n) is 7.63. The minimum Gasteiger partial charge on any atom is -0.493 e. The number of carbonyl (C=O) groups excluding carboxylic acids is 1. The maximum absolute atomic E-state index is 12.1. The highest BCUT2D eigenvalue weighted by molar-refractivity contribution is 5.73. The monoisotopic (exact) mass is 355 g/mol. The van der Waals surface area contributed by atoms with E-state index in [4.69, 9.17) is 18.9 Å². The molecule has 0 saturated heterocycles. The van der Waals surface area contributed by atoms with Crippen molar-refractivity contribution in [3.63, 3.8) is 0 Å². The minimum atomic E-state index is -1.09. The molecule has 0 aromatic heterocycles. The van der Waals surface area contributed by atoms with Crippen LogP contribution in [0, 0.1) is 0 Å². The molecule has 0 fully saturated rings. The standard InChI is InChI=1S/C17H25NO7/c1-17(2,3)25-16(21)18-11(9-13(19)20)10-7-8-12(22-4)15(24-6)14(10)23-5/h7-8,11H,9H2,1-6H3,(H,18,21)(H,19,20)/t11-/m0/s1. The zero-order valence-electron chi connectivity index (χ0n) is 15.3. The quantitative estimate of drug-likeness (QED) is 0.775. The number of benzene rings is 1. The predicted octanol–water partition coefficient (Wildman–Crippen LogP) is 2.75. The summed E-state index contributed by atoms with van der Waals surface area (Å²) in [5.41, 5.74) is -0.270. The summed E-state index contributed by atoms with van der Waals surface area (Å²) in [7, 11) is 4.34. The van der Waals surface area contributed by atoms with Crippen LogP contribution in [-0.4, -0.2) is 44.1 Å². The fourth-order valence-electron chi connectivity index (χ4n) is 2.26. The first-order valence-corrected chi connectivity index (χ1v) is 7.63. The van der Waals surface area contributed by atoms with Crippen LogP contribution >= 0.6 is 0 Å². The third-order valence-electron chi connectivity index (χ3n) is 3.18. The summed E-state index contributed by atoms with van der Waals surface area (Å²) >= 11 is 0. The Hall–Kier alpha value is -2.64. The van der Waals surface area contributed by atoms with Crippen LogP contribution in [0.15, 0.2) is 12.1 Å². The summed E-state index contributed by atoms with van der Waals surface area (Å²) in [5.74, 6) is -0.0691. The van der Waals surface area contributed by atoms with E-state index in [1.54, 1.807) is 32.9 Å². The summed E-state index contributed by atoms with van der Waals surface area (Å²) in [6.45, 7) is 5.15. The number of alkyl carbamates (subject to hydrolysis) is 1. The van der Waals surface area contributed by atoms with Crippen molar-refractivity contribution < 1.29 is 33.6 Å². The Morgan fingerprint density at radius 1 is 1.08 bits per heavy atom. The molecule has 1 aromatic rings. The van der Waals surface area contributed by atoms with Crippen LogP contribution in [0.25, 0.3) is 0 Å². The van der Waals surface area contributed by atoms with Gasteiger partial charge in [-0.1, -0.05) is 0 Å². The smallest absolute Gasteiger partial charge is 0.408 e. The van der Waals surface area contributed by atoms with Crippen molar-refractivity contribution in [2.24, 2.45) is 0 Å². The highest BCUT2D eigenvalue weighted by Gasteiger charge is 2.27. The molecule has 25 heavy (non-hydrogen) atoms. The van der Waals surface area contributed by atoms with E-state index in [0.29, 0.717) is 17.1 Å². The van der Waals surface area contributed by atoms with Crippen LogP contribution in [0.4, 0.5) is 4.79 Å². The van der Waals surface area contributed by atoms with E-state index in [9.17, 15) is 14.7 Å². The summed E-state index contributed by atoms with van der Waals surface area (Å²) in [6.07, 6.45) is -1.08. The number of carbonyl (C=O) groups is 2. The molecule has 0 spiro atoms. The Morgan fingerprint density at radius 2 is 1.68 bits per heavy atom. The average molecular weight is 355 g/mol. The highest BCUT2D eigenvalue weighted by atomic mass is 16.6. The van der Waals surface area contributed by atoms with Crippen LogP contribution in [0.5, 0.6) is 17.2 Å². The van der Waals surface area contributed by atoms with Gasteiger partial charge in [0.25, 0.3) is 0 Å². The molecule has 0 bridgehead atoms. The van der Waals surface area contributed by atoms with E-state index in [1.807, 2.05) is 0 Å². The number of rotatable bonds is 7. The molecule has 0 radical (unpaired) electrons. The van der Waals surface area contributed by atoms with E-state index < -0.39 is 23.7 Å². The van der Waals surface area contributed by atoms with E-state index in [0.717, 1.165) is 0 Å². The van der Waals surface area contributed by atoms with Gasteiger partial charge in [-0.05, 0) is 32.9 Å². The molecular formula is C17H25NO7. The molecule has 0 aliphatic heterocycles. The van der Waals surface area contributed by atoms with Crippen molar-refractivity contribution in [2.75, 3.05) is 21.3 Å². The predicted molar refractivity (Wildman–Crippen MR) is 90.5 cm³/mol. The maximum Gasteiger partial charge on any atom is 0.408 e. The van der Waals surface area contributed by atoms with Crippen molar-refractivity contribution in [3.05, 3.63) is 17.7 Å². The molecule has 140 valence electrons. The number of methoxy groups -OCH3 is 3. The van der Waals surface area contributed by atoms with Crippen LogP contribution in [-0.2, 0) is 9.53 Å². The van der Waals surface area contributed by atoms with Gasteiger partial charge in [-0.15, -0.1) is 0 Å². The second-order valence-electron chi connectivity index (χ2n) is 6.22. The number of aliphatic carboxylic acids is 1. The molecule has 1 atom stereocenters. The number of ether oxygens (including phenoxy) is 4. The fourth-order valence-corrected chi connectivity index (χ4v) is 2.26. The van der Waals surface area contributed by atoms with Crippen molar-refractivity contribution in [2.45, 2.75) is 38.8 Å². The van der Waals surface area contributed by atoms with Gasteiger partial charge in [0.15, 0.2) is 11.5 Å². The SMILES string of the molecule is COc1ccc([C@H](CC(=O)O)NC(=O)OC(C)(C)C)c(OC)c1OC. The number of carboxylic acid groups (broad SMARTS) is 1. The highest BCUT2D eigenvalue weighted by Crippen LogP contribution is 2.42. The van der Waals surface area contributed by atoms with Crippen molar-refractivity contribution >= 4 is 12.1 Å². The number of hydrogen-bond acceptors (Lipinski definition) is 6. The van der Waals surface area contributed by atoms with E-state index in [-0.39, 0.29) is 12.2 Å². The Kier molecular flexibility index (Phi) is 6.90. The Balaban J connectivity index is 3.27. The number of carboxylic acids is 1. The zero-order chi connectivity index (χ0) is 19.2. The van der Waals surface area contributed by atoms with E-state index in [1.165, 1.54) is 21.3 Å². The summed E-state index contributed by atoms with van der Waals surface area (Å²) in [6, 6.07) is 2.36. The third kappa shape index (κ3) is 5.74. The summed E-state index contributed by atoms with van der Waals surface area (Å²) in [4.78, 5) is 23.3. The number of amides is 1. The fraction of sp³-hybridized carbons (Fsp3) is 0.529. The molecule has 0 aliphatic rings. The third-order valence-corrected chi connectivity index (χ3v) is 3.18. The molecular weight excluding hydrogens is 330 g/mol. The molecule has 1 amide bonds. The van der Waals surface area contributed by atoms with Crippen LogP contribution in [0.2, 0.25) is 0 Å². The van der Waals surface area contributed by atoms with Crippen LogP contribution in [0.3, 0.4) is 0 Å². The largest absolute Gasteiger partial charge is 0.493 e. The van der Waals surface area contributed by atoms with Crippen LogP contribution in [0.1, 0.15) is 38.8 Å². The Morgan fingerprint density at radius 3 is 2.12 bits per heavy atom. The first-order chi connectivity index (χ1) is 11.6. The van der Waals surface area contributed by atoms with Gasteiger partial charge in [0.2, 0.25) is 5.75 Å². The van der Waals surface area contributed by atoms with Crippen molar-refractivity contribution in [1.29, 1.82) is 0 Å². The molecule has 1 aromatic carbocycles. The van der Waals surface area contributed by atoms with Crippen LogP contribution < -0.4 is 19.5 Å². The molecule has 0 aliphatic carbocycles. The first kappa shape index (κ1) is 20.4. The number of hydrogen-bond donors (Lipinski definition) is 2. The van der Waals surface area contributed by atoms with Crippen molar-refractivity contribution in [3.8, 4) is 17.2 Å². The normalized spacial score (nSPS) is 12.1. The van der Waals surface area contributed by atoms with Crippen molar-refractivity contribution in [1.82, 2.24) is 5.32 Å². The van der Waals surface area contributed by atoms with Gasteiger partial charge in [0.05, 0.1) is 33.8 Å². The summed E-state index contributed by atoms with van der Waals surface area (Å²) < 4.78 is 21.1. The molecule has 8 heteroatoms. The van der Waals surface area contributed by atoms with Gasteiger partial charge in [-0.3, -0.25) is 4.79 Å². The molecule has 0 saturated carbocycles. The minimum absolute atomic E-state index is 0.282. The average Bonchev–Trinajstić information content (AvgIpc) is 2.50. The van der Waals surface area contributed by atoms with Gasteiger partial charge < -0.3 is 29.4 Å². The van der Waals surface area contributed by atoms with E-state index in [2.05, 4.69) is 5.32 Å². The van der Waals surface area contributed by atoms with Gasteiger partial charge in [0.1, 0.15) is 5.60 Å². The number of nitrogens with one attached hydrogen (secondary N) is 1. The molecule has 1 rings (SSSR count). The second-order valence-corrected chi connectivity index (χ2v) is 6.22. The Labute approximate surface area is 147 Å². The Bertz CT molecular complexity index is 622. The summed E-state index contributed by atoms with van der Waals surface area (Å²) in [5, 5.41) is 11.8. The maximum atomic E-state index is 12.1. The molecule has 2 N–H and O–H groups in total. The van der Waals surface area contributed by atoms with Gasteiger partial charge in [-0.2, -0.15) is 0 Å².